The molecule has 0 aliphatic carbocycles. The Hall–Kier alpha value is -0.900. The fraction of sp³-hybridized carbons (Fsp3) is 0.182. The third-order valence-electron chi connectivity index (χ3n) is 2.24. The van der Waals surface area contributed by atoms with Crippen molar-refractivity contribution in [1.29, 1.82) is 0 Å². The molecule has 0 saturated carbocycles. The molecule has 1 unspecified atom stereocenters. The van der Waals surface area contributed by atoms with Gasteiger partial charge in [0.15, 0.2) is 0 Å². The van der Waals surface area contributed by atoms with Crippen LogP contribution in [0.2, 0.25) is 4.34 Å². The van der Waals surface area contributed by atoms with Crippen LogP contribution in [0.4, 0.5) is 0 Å². The van der Waals surface area contributed by atoms with Crippen LogP contribution >= 0.6 is 22.9 Å². The molecule has 1 atom stereocenters. The van der Waals surface area contributed by atoms with Crippen molar-refractivity contribution in [2.75, 3.05) is 0 Å². The maximum atomic E-state index is 10.1. The fourth-order valence-electron chi connectivity index (χ4n) is 1.39. The van der Waals surface area contributed by atoms with E-state index in [1.165, 1.54) is 11.3 Å². The monoisotopic (exact) mass is 239 g/mol. The summed E-state index contributed by atoms with van der Waals surface area (Å²) in [6.45, 7) is 1.95. The summed E-state index contributed by atoms with van der Waals surface area (Å²) in [6.07, 6.45) is 2.77. The molecule has 2 aromatic rings. The molecule has 0 aromatic carbocycles. The molecule has 2 heterocycles. The molecule has 4 heteroatoms. The van der Waals surface area contributed by atoms with Gasteiger partial charge in [0.2, 0.25) is 0 Å². The maximum absolute atomic E-state index is 10.1. The molecule has 2 nitrogen and oxygen atoms in total. The second-order valence-electron chi connectivity index (χ2n) is 3.28. The molecule has 1 N–H and O–H groups in total. The number of aryl methyl sites for hydroxylation is 1. The lowest BCUT2D eigenvalue weighted by Crippen LogP contribution is -2.00. The van der Waals surface area contributed by atoms with Crippen molar-refractivity contribution in [2.24, 2.45) is 0 Å². The lowest BCUT2D eigenvalue weighted by molar-refractivity contribution is 0.223. The Morgan fingerprint density at radius 2 is 2.20 bits per heavy atom. The van der Waals surface area contributed by atoms with Gasteiger partial charge in [-0.3, -0.25) is 4.98 Å². The van der Waals surface area contributed by atoms with Gasteiger partial charge in [-0.05, 0) is 30.7 Å². The first-order valence-electron chi connectivity index (χ1n) is 4.52. The first kappa shape index (κ1) is 10.6. The highest BCUT2D eigenvalue weighted by molar-refractivity contribution is 7.16. The van der Waals surface area contributed by atoms with E-state index in [1.54, 1.807) is 18.5 Å². The van der Waals surface area contributed by atoms with E-state index in [4.69, 9.17) is 11.6 Å². The lowest BCUT2D eigenvalue weighted by atomic mass is 10.1. The molecule has 0 spiro atoms. The van der Waals surface area contributed by atoms with Crippen LogP contribution in [0.5, 0.6) is 0 Å². The molecule has 0 aliphatic heterocycles. The van der Waals surface area contributed by atoms with Crippen LogP contribution in [0.1, 0.15) is 22.1 Å². The number of rotatable bonds is 2. The van der Waals surface area contributed by atoms with Crippen molar-refractivity contribution in [3.63, 3.8) is 0 Å². The molecule has 0 saturated heterocycles. The van der Waals surface area contributed by atoms with Gasteiger partial charge in [-0.1, -0.05) is 11.6 Å². The normalized spacial score (nSPS) is 12.7. The smallest absolute Gasteiger partial charge is 0.115 e. The lowest BCUT2D eigenvalue weighted by Gasteiger charge is -2.10. The Balaban J connectivity index is 2.36. The molecule has 78 valence electrons. The van der Waals surface area contributed by atoms with E-state index >= 15 is 0 Å². The predicted octanol–water partition coefficient (Wildman–Crippen LogP) is 3.19. The number of aliphatic hydroxyl groups excluding tert-OH is 1. The summed E-state index contributed by atoms with van der Waals surface area (Å²) in [5, 5.41) is 10.1. The summed E-state index contributed by atoms with van der Waals surface area (Å²) in [4.78, 5) is 4.85. The van der Waals surface area contributed by atoms with Crippen molar-refractivity contribution in [3.05, 3.63) is 50.9 Å². The van der Waals surface area contributed by atoms with Crippen molar-refractivity contribution < 1.29 is 5.11 Å². The number of thiophene rings is 1. The average molecular weight is 240 g/mol. The van der Waals surface area contributed by atoms with Crippen LogP contribution < -0.4 is 0 Å². The molecule has 0 bridgehead atoms. The van der Waals surface area contributed by atoms with Gasteiger partial charge in [0.25, 0.3) is 0 Å². The zero-order chi connectivity index (χ0) is 10.8. The highest BCUT2D eigenvalue weighted by atomic mass is 35.5. The quantitative estimate of drug-likeness (QED) is 0.873. The first-order chi connectivity index (χ1) is 7.18. The Bertz CT molecular complexity index is 469. The Kier molecular flexibility index (Phi) is 3.05. The van der Waals surface area contributed by atoms with E-state index in [2.05, 4.69) is 4.98 Å². The van der Waals surface area contributed by atoms with Crippen molar-refractivity contribution in [2.45, 2.75) is 13.0 Å². The van der Waals surface area contributed by atoms with Crippen LogP contribution in [0.3, 0.4) is 0 Å². The van der Waals surface area contributed by atoms with E-state index in [0.29, 0.717) is 4.34 Å². The van der Waals surface area contributed by atoms with Gasteiger partial charge in [-0.25, -0.2) is 0 Å². The van der Waals surface area contributed by atoms with E-state index in [-0.39, 0.29) is 0 Å². The van der Waals surface area contributed by atoms with Crippen molar-refractivity contribution >= 4 is 22.9 Å². The van der Waals surface area contributed by atoms with E-state index in [9.17, 15) is 5.11 Å². The van der Waals surface area contributed by atoms with Crippen LogP contribution in [-0.4, -0.2) is 10.1 Å². The number of hydrogen-bond donors (Lipinski definition) is 1. The number of aromatic nitrogens is 1. The minimum Gasteiger partial charge on any atom is -0.383 e. The predicted molar refractivity (Wildman–Crippen MR) is 62.4 cm³/mol. The third-order valence-corrected chi connectivity index (χ3v) is 3.52. The Morgan fingerprint density at radius 3 is 2.80 bits per heavy atom. The van der Waals surface area contributed by atoms with Gasteiger partial charge in [0, 0.05) is 22.8 Å². The molecule has 2 aromatic heterocycles. The number of nitrogens with zero attached hydrogens (tertiary/aromatic N) is 1. The molecule has 2 rings (SSSR count). The number of hydrogen-bond acceptors (Lipinski definition) is 3. The summed E-state index contributed by atoms with van der Waals surface area (Å²) >= 11 is 7.21. The van der Waals surface area contributed by atoms with E-state index in [1.807, 2.05) is 19.1 Å². The second kappa shape index (κ2) is 4.31. The minimum absolute atomic E-state index is 0.629. The summed E-state index contributed by atoms with van der Waals surface area (Å²) in [6, 6.07) is 5.51. The van der Waals surface area contributed by atoms with Gasteiger partial charge in [0.1, 0.15) is 6.10 Å². The molecule has 0 fully saturated rings. The summed E-state index contributed by atoms with van der Waals surface area (Å²) < 4.78 is 0.686. The molecule has 0 amide bonds. The molecular formula is C11H10ClNOS. The number of pyridine rings is 1. The topological polar surface area (TPSA) is 33.1 Å². The SMILES string of the molecule is Cc1ccncc1C(O)c1ccc(Cl)s1. The Labute approximate surface area is 97.2 Å². The van der Waals surface area contributed by atoms with Crippen LogP contribution in [-0.2, 0) is 0 Å². The van der Waals surface area contributed by atoms with Crippen LogP contribution in [0.25, 0.3) is 0 Å². The minimum atomic E-state index is -0.629. The highest BCUT2D eigenvalue weighted by Crippen LogP contribution is 2.31. The largest absolute Gasteiger partial charge is 0.383 e. The molecule has 0 aliphatic rings. The molecule has 15 heavy (non-hydrogen) atoms. The van der Waals surface area contributed by atoms with Gasteiger partial charge in [-0.15, -0.1) is 11.3 Å². The summed E-state index contributed by atoms with van der Waals surface area (Å²) in [5.74, 6) is 0. The van der Waals surface area contributed by atoms with Crippen molar-refractivity contribution in [3.8, 4) is 0 Å². The second-order valence-corrected chi connectivity index (χ2v) is 5.02. The standard InChI is InChI=1S/C11H10ClNOS/c1-7-4-5-13-6-8(7)11(14)9-2-3-10(12)15-9/h2-6,11,14H,1H3. The summed E-state index contributed by atoms with van der Waals surface area (Å²) in [7, 11) is 0. The van der Waals surface area contributed by atoms with E-state index < -0.39 is 6.10 Å². The zero-order valence-electron chi connectivity index (χ0n) is 8.14. The molecular weight excluding hydrogens is 230 g/mol. The average Bonchev–Trinajstić information content (AvgIpc) is 2.65. The van der Waals surface area contributed by atoms with Gasteiger partial charge < -0.3 is 5.11 Å². The zero-order valence-corrected chi connectivity index (χ0v) is 9.72. The third kappa shape index (κ3) is 2.20. The van der Waals surface area contributed by atoms with Gasteiger partial charge in [0.05, 0.1) is 4.34 Å². The van der Waals surface area contributed by atoms with E-state index in [0.717, 1.165) is 16.0 Å². The Morgan fingerprint density at radius 1 is 1.40 bits per heavy atom. The van der Waals surface area contributed by atoms with Gasteiger partial charge in [-0.2, -0.15) is 0 Å². The molecule has 0 radical (unpaired) electrons. The van der Waals surface area contributed by atoms with Crippen LogP contribution in [0.15, 0.2) is 30.6 Å². The van der Waals surface area contributed by atoms with Crippen LogP contribution in [0, 0.1) is 6.92 Å². The highest BCUT2D eigenvalue weighted by Gasteiger charge is 2.14. The van der Waals surface area contributed by atoms with Crippen molar-refractivity contribution in [1.82, 2.24) is 4.98 Å². The number of aliphatic hydroxyl groups is 1. The maximum Gasteiger partial charge on any atom is 0.115 e. The van der Waals surface area contributed by atoms with Gasteiger partial charge >= 0.3 is 0 Å². The summed E-state index contributed by atoms with van der Waals surface area (Å²) in [5.41, 5.74) is 1.86. The number of halogens is 1. The fourth-order valence-corrected chi connectivity index (χ4v) is 2.46. The first-order valence-corrected chi connectivity index (χ1v) is 5.72.